The molecule has 0 atom stereocenters. The minimum atomic E-state index is -0.405. The van der Waals surface area contributed by atoms with Gasteiger partial charge in [0.05, 0.1) is 0 Å². The maximum absolute atomic E-state index is 12.7. The largest absolute Gasteiger partial charge is 0.320 e. The van der Waals surface area contributed by atoms with Gasteiger partial charge in [-0.3, -0.25) is 9.59 Å². The van der Waals surface area contributed by atoms with E-state index in [1.54, 1.807) is 43.4 Å². The molecular formula is C21H18ClN3O2. The average molecular weight is 380 g/mol. The molecule has 27 heavy (non-hydrogen) atoms. The van der Waals surface area contributed by atoms with Crippen LogP contribution in [0.15, 0.2) is 66.7 Å². The summed E-state index contributed by atoms with van der Waals surface area (Å²) in [6, 6.07) is 19.3. The smallest absolute Gasteiger partial charge is 0.276 e. The number of pyridine rings is 1. The molecule has 3 rings (SSSR count). The van der Waals surface area contributed by atoms with E-state index in [2.05, 4.69) is 10.3 Å². The molecule has 0 aliphatic rings. The Morgan fingerprint density at radius 3 is 2.33 bits per heavy atom. The van der Waals surface area contributed by atoms with E-state index in [0.29, 0.717) is 10.7 Å². The fourth-order valence-corrected chi connectivity index (χ4v) is 2.72. The molecule has 0 saturated heterocycles. The number of para-hydroxylation sites is 1. The van der Waals surface area contributed by atoms with Crippen LogP contribution in [0, 0.1) is 6.92 Å². The fourth-order valence-electron chi connectivity index (χ4n) is 2.55. The lowest BCUT2D eigenvalue weighted by atomic mass is 10.2. The molecule has 0 spiro atoms. The molecule has 0 radical (unpaired) electrons. The summed E-state index contributed by atoms with van der Waals surface area (Å²) < 4.78 is 0. The molecule has 2 aromatic carbocycles. The zero-order chi connectivity index (χ0) is 19.4. The monoisotopic (exact) mass is 379 g/mol. The SMILES string of the molecule is Cc1c(Cl)cccc1NC(=O)c1cccc(C(=O)N(C)c2ccccc2)n1. The summed E-state index contributed by atoms with van der Waals surface area (Å²) in [5.41, 5.74) is 2.46. The first-order valence-electron chi connectivity index (χ1n) is 8.34. The average Bonchev–Trinajstić information content (AvgIpc) is 2.71. The summed E-state index contributed by atoms with van der Waals surface area (Å²) in [4.78, 5) is 31.0. The summed E-state index contributed by atoms with van der Waals surface area (Å²) in [7, 11) is 1.67. The number of halogens is 1. The molecule has 1 aromatic heterocycles. The van der Waals surface area contributed by atoms with Crippen LogP contribution >= 0.6 is 11.6 Å². The van der Waals surface area contributed by atoms with Crippen LogP contribution in [0.5, 0.6) is 0 Å². The maximum Gasteiger partial charge on any atom is 0.276 e. The Kier molecular flexibility index (Phi) is 5.52. The molecule has 0 aliphatic heterocycles. The van der Waals surface area contributed by atoms with Gasteiger partial charge in [-0.1, -0.05) is 41.9 Å². The van der Waals surface area contributed by atoms with Gasteiger partial charge in [-0.05, 0) is 48.9 Å². The normalized spacial score (nSPS) is 10.3. The van der Waals surface area contributed by atoms with Gasteiger partial charge >= 0.3 is 0 Å². The van der Waals surface area contributed by atoms with E-state index < -0.39 is 5.91 Å². The minimum absolute atomic E-state index is 0.154. The van der Waals surface area contributed by atoms with Gasteiger partial charge in [-0.25, -0.2) is 4.98 Å². The predicted molar refractivity (Wildman–Crippen MR) is 108 cm³/mol. The van der Waals surface area contributed by atoms with Crippen LogP contribution in [0.1, 0.15) is 26.5 Å². The van der Waals surface area contributed by atoms with Crippen LogP contribution in [-0.2, 0) is 0 Å². The van der Waals surface area contributed by atoms with Crippen LogP contribution < -0.4 is 10.2 Å². The number of nitrogens with one attached hydrogen (secondary N) is 1. The lowest BCUT2D eigenvalue weighted by Gasteiger charge is -2.17. The zero-order valence-corrected chi connectivity index (χ0v) is 15.7. The molecule has 0 aliphatic carbocycles. The molecule has 6 heteroatoms. The molecule has 5 nitrogen and oxygen atoms in total. The Hall–Kier alpha value is -3.18. The minimum Gasteiger partial charge on any atom is -0.320 e. The third kappa shape index (κ3) is 4.15. The van der Waals surface area contributed by atoms with Gasteiger partial charge in [0.25, 0.3) is 11.8 Å². The van der Waals surface area contributed by atoms with Crippen molar-refractivity contribution in [3.05, 3.63) is 88.7 Å². The lowest BCUT2D eigenvalue weighted by molar-refractivity contribution is 0.0988. The highest BCUT2D eigenvalue weighted by molar-refractivity contribution is 6.31. The molecule has 0 bridgehead atoms. The van der Waals surface area contributed by atoms with E-state index in [-0.39, 0.29) is 17.3 Å². The summed E-state index contributed by atoms with van der Waals surface area (Å²) in [6.45, 7) is 1.82. The number of amides is 2. The quantitative estimate of drug-likeness (QED) is 0.722. The number of hydrogen-bond donors (Lipinski definition) is 1. The fraction of sp³-hybridized carbons (Fsp3) is 0.0952. The van der Waals surface area contributed by atoms with Gasteiger partial charge in [0.2, 0.25) is 0 Å². The lowest BCUT2D eigenvalue weighted by Crippen LogP contribution is -2.27. The molecule has 1 N–H and O–H groups in total. The highest BCUT2D eigenvalue weighted by atomic mass is 35.5. The summed E-state index contributed by atoms with van der Waals surface area (Å²) in [5.74, 6) is -0.702. The second-order valence-corrected chi connectivity index (χ2v) is 6.38. The van der Waals surface area contributed by atoms with Gasteiger partial charge in [0, 0.05) is 23.4 Å². The van der Waals surface area contributed by atoms with E-state index in [1.807, 2.05) is 37.3 Å². The molecular weight excluding hydrogens is 362 g/mol. The summed E-state index contributed by atoms with van der Waals surface area (Å²) in [6.07, 6.45) is 0. The van der Waals surface area contributed by atoms with E-state index in [1.165, 1.54) is 4.90 Å². The van der Waals surface area contributed by atoms with Crippen molar-refractivity contribution in [2.45, 2.75) is 6.92 Å². The first-order valence-corrected chi connectivity index (χ1v) is 8.72. The molecule has 2 amide bonds. The maximum atomic E-state index is 12.7. The highest BCUT2D eigenvalue weighted by Crippen LogP contribution is 2.23. The number of nitrogens with zero attached hydrogens (tertiary/aromatic N) is 2. The van der Waals surface area contributed by atoms with Gasteiger partial charge in [0.15, 0.2) is 0 Å². The standard InChI is InChI=1S/C21H18ClN3O2/c1-14-16(22)10-6-11-17(14)24-20(26)18-12-7-13-19(23-18)21(27)25(2)15-8-4-3-5-9-15/h3-13H,1-2H3,(H,24,26). The molecule has 136 valence electrons. The van der Waals surface area contributed by atoms with E-state index in [4.69, 9.17) is 11.6 Å². The Labute approximate surface area is 162 Å². The number of anilines is 2. The van der Waals surface area contributed by atoms with Gasteiger partial charge in [-0.15, -0.1) is 0 Å². The molecule has 0 saturated carbocycles. The van der Waals surface area contributed by atoms with Crippen LogP contribution in [0.4, 0.5) is 11.4 Å². The number of carbonyl (C=O) groups is 2. The first kappa shape index (κ1) is 18.6. The van der Waals surface area contributed by atoms with Crippen LogP contribution in [-0.4, -0.2) is 23.8 Å². The van der Waals surface area contributed by atoms with Crippen molar-refractivity contribution in [1.29, 1.82) is 0 Å². The van der Waals surface area contributed by atoms with Crippen LogP contribution in [0.2, 0.25) is 5.02 Å². The molecule has 0 unspecified atom stereocenters. The number of benzene rings is 2. The summed E-state index contributed by atoms with van der Waals surface area (Å²) >= 11 is 6.09. The van der Waals surface area contributed by atoms with Crippen LogP contribution in [0.25, 0.3) is 0 Å². The first-order chi connectivity index (χ1) is 13.0. The van der Waals surface area contributed by atoms with Crippen molar-refractivity contribution in [2.75, 3.05) is 17.3 Å². The van der Waals surface area contributed by atoms with Gasteiger partial charge < -0.3 is 10.2 Å². The van der Waals surface area contributed by atoms with Crippen molar-refractivity contribution < 1.29 is 9.59 Å². The second kappa shape index (κ2) is 8.01. The van der Waals surface area contributed by atoms with Gasteiger partial charge in [-0.2, -0.15) is 0 Å². The third-order valence-corrected chi connectivity index (χ3v) is 4.57. The predicted octanol–water partition coefficient (Wildman–Crippen LogP) is 4.57. The Morgan fingerprint density at radius 2 is 1.59 bits per heavy atom. The molecule has 3 aromatic rings. The van der Waals surface area contributed by atoms with Crippen molar-refractivity contribution in [3.8, 4) is 0 Å². The number of carbonyl (C=O) groups excluding carboxylic acids is 2. The Bertz CT molecular complexity index is 990. The Morgan fingerprint density at radius 1 is 0.926 bits per heavy atom. The number of rotatable bonds is 4. The van der Waals surface area contributed by atoms with E-state index >= 15 is 0 Å². The second-order valence-electron chi connectivity index (χ2n) is 5.97. The van der Waals surface area contributed by atoms with Crippen molar-refractivity contribution in [3.63, 3.8) is 0 Å². The van der Waals surface area contributed by atoms with Crippen LogP contribution in [0.3, 0.4) is 0 Å². The van der Waals surface area contributed by atoms with Crippen molar-refractivity contribution >= 4 is 34.8 Å². The van der Waals surface area contributed by atoms with E-state index in [9.17, 15) is 9.59 Å². The molecule has 1 heterocycles. The summed E-state index contributed by atoms with van der Waals surface area (Å²) in [5, 5.41) is 3.35. The van der Waals surface area contributed by atoms with E-state index in [0.717, 1.165) is 11.3 Å². The van der Waals surface area contributed by atoms with Crippen molar-refractivity contribution in [2.24, 2.45) is 0 Å². The highest BCUT2D eigenvalue weighted by Gasteiger charge is 2.17. The zero-order valence-electron chi connectivity index (χ0n) is 14.9. The molecule has 0 fully saturated rings. The topological polar surface area (TPSA) is 62.3 Å². The third-order valence-electron chi connectivity index (χ3n) is 4.16. The van der Waals surface area contributed by atoms with Gasteiger partial charge in [0.1, 0.15) is 11.4 Å². The number of aromatic nitrogens is 1. The Balaban J connectivity index is 1.81. The number of hydrogen-bond acceptors (Lipinski definition) is 3. The van der Waals surface area contributed by atoms with Crippen molar-refractivity contribution in [1.82, 2.24) is 4.98 Å².